The maximum Gasteiger partial charge on any atom is 0.308 e. The van der Waals surface area contributed by atoms with Gasteiger partial charge in [0.25, 0.3) is 5.91 Å². The van der Waals surface area contributed by atoms with Crippen LogP contribution in [0.3, 0.4) is 0 Å². The Labute approximate surface area is 124 Å². The number of aliphatic carboxylic acids is 1. The number of hydrogen-bond donors (Lipinski definition) is 1. The molecule has 0 unspecified atom stereocenters. The van der Waals surface area contributed by atoms with Crippen molar-refractivity contribution in [1.82, 2.24) is 10.1 Å². The molecule has 0 radical (unpaired) electrons. The number of piperidine rings is 1. The van der Waals surface area contributed by atoms with E-state index in [2.05, 4.69) is 19.0 Å². The Hall–Kier alpha value is -1.85. The number of aromatic nitrogens is 1. The summed E-state index contributed by atoms with van der Waals surface area (Å²) in [6, 6.07) is 1.70. The van der Waals surface area contributed by atoms with Gasteiger partial charge in [0.05, 0.1) is 11.6 Å². The molecule has 0 saturated carbocycles. The Morgan fingerprint density at radius 2 is 2.19 bits per heavy atom. The second kappa shape index (κ2) is 6.74. The molecule has 1 N–H and O–H groups in total. The van der Waals surface area contributed by atoms with Crippen LogP contribution in [0.25, 0.3) is 0 Å². The summed E-state index contributed by atoms with van der Waals surface area (Å²) in [5, 5.41) is 13.1. The minimum Gasteiger partial charge on any atom is -0.481 e. The van der Waals surface area contributed by atoms with Crippen LogP contribution in [-0.2, 0) is 4.79 Å². The SMILES string of the molecule is CCC(CC)c1cc(C(=O)N2CCC[C@H](C(=O)O)C2)on1. The zero-order valence-electron chi connectivity index (χ0n) is 12.5. The first-order valence-electron chi connectivity index (χ1n) is 7.55. The van der Waals surface area contributed by atoms with Crippen molar-refractivity contribution in [2.75, 3.05) is 13.1 Å². The fourth-order valence-corrected chi connectivity index (χ4v) is 2.81. The van der Waals surface area contributed by atoms with Gasteiger partial charge in [0.1, 0.15) is 0 Å². The Bertz CT molecular complexity index is 508. The quantitative estimate of drug-likeness (QED) is 0.902. The Morgan fingerprint density at radius 3 is 2.81 bits per heavy atom. The standard InChI is InChI=1S/C15H22N2O4/c1-3-10(4-2)12-8-13(21-16-12)14(18)17-7-5-6-11(9-17)15(19)20/h8,10-11H,3-7,9H2,1-2H3,(H,19,20)/t11-/m0/s1. The second-order valence-electron chi connectivity index (χ2n) is 5.56. The smallest absolute Gasteiger partial charge is 0.308 e. The third-order valence-corrected chi connectivity index (χ3v) is 4.20. The van der Waals surface area contributed by atoms with Crippen LogP contribution in [0.1, 0.15) is 61.7 Å². The van der Waals surface area contributed by atoms with E-state index in [0.29, 0.717) is 25.3 Å². The molecule has 1 aromatic rings. The lowest BCUT2D eigenvalue weighted by molar-refractivity contribution is -0.143. The van der Waals surface area contributed by atoms with E-state index >= 15 is 0 Å². The van der Waals surface area contributed by atoms with Crippen LogP contribution < -0.4 is 0 Å². The highest BCUT2D eigenvalue weighted by molar-refractivity contribution is 5.92. The highest BCUT2D eigenvalue weighted by Crippen LogP contribution is 2.24. The molecule has 0 aromatic carbocycles. The molecule has 1 aliphatic heterocycles. The average Bonchev–Trinajstić information content (AvgIpc) is 2.97. The number of amides is 1. The molecule has 2 heterocycles. The maximum atomic E-state index is 12.4. The molecule has 1 fully saturated rings. The van der Waals surface area contributed by atoms with Crippen LogP contribution in [0.5, 0.6) is 0 Å². The van der Waals surface area contributed by atoms with E-state index in [0.717, 1.165) is 18.5 Å². The summed E-state index contributed by atoms with van der Waals surface area (Å²) >= 11 is 0. The summed E-state index contributed by atoms with van der Waals surface area (Å²) in [6.07, 6.45) is 3.22. The first kappa shape index (κ1) is 15.5. The van der Waals surface area contributed by atoms with Crippen molar-refractivity contribution in [1.29, 1.82) is 0 Å². The second-order valence-corrected chi connectivity index (χ2v) is 5.56. The molecule has 6 nitrogen and oxygen atoms in total. The summed E-state index contributed by atoms with van der Waals surface area (Å²) in [7, 11) is 0. The van der Waals surface area contributed by atoms with Gasteiger partial charge in [-0.2, -0.15) is 0 Å². The Balaban J connectivity index is 2.07. The lowest BCUT2D eigenvalue weighted by Gasteiger charge is -2.29. The normalized spacial score (nSPS) is 19.0. The number of likely N-dealkylation sites (tertiary alicyclic amines) is 1. The van der Waals surface area contributed by atoms with E-state index in [1.165, 1.54) is 0 Å². The molecule has 116 valence electrons. The minimum atomic E-state index is -0.845. The van der Waals surface area contributed by atoms with Crippen LogP contribution in [-0.4, -0.2) is 40.1 Å². The largest absolute Gasteiger partial charge is 0.481 e. The van der Waals surface area contributed by atoms with Gasteiger partial charge < -0.3 is 14.5 Å². The van der Waals surface area contributed by atoms with Gasteiger partial charge in [0.2, 0.25) is 5.76 Å². The van der Waals surface area contributed by atoms with Gasteiger partial charge >= 0.3 is 5.97 Å². The van der Waals surface area contributed by atoms with Crippen molar-refractivity contribution >= 4 is 11.9 Å². The fraction of sp³-hybridized carbons (Fsp3) is 0.667. The van der Waals surface area contributed by atoms with Crippen molar-refractivity contribution in [2.45, 2.75) is 45.4 Å². The van der Waals surface area contributed by atoms with Gasteiger partial charge in [-0.05, 0) is 25.7 Å². The molecule has 1 aliphatic rings. The van der Waals surface area contributed by atoms with Crippen LogP contribution in [0.2, 0.25) is 0 Å². The molecular formula is C15H22N2O4. The third kappa shape index (κ3) is 3.43. The molecule has 1 atom stereocenters. The van der Waals surface area contributed by atoms with Gasteiger partial charge in [0.15, 0.2) is 0 Å². The molecule has 2 rings (SSSR count). The van der Waals surface area contributed by atoms with Crippen molar-refractivity contribution in [3.63, 3.8) is 0 Å². The highest BCUT2D eigenvalue weighted by atomic mass is 16.5. The molecule has 0 aliphatic carbocycles. The number of carboxylic acid groups (broad SMARTS) is 1. The zero-order chi connectivity index (χ0) is 15.4. The van der Waals surface area contributed by atoms with Crippen LogP contribution in [0.15, 0.2) is 10.6 Å². The van der Waals surface area contributed by atoms with E-state index in [9.17, 15) is 9.59 Å². The number of carboxylic acids is 1. The lowest BCUT2D eigenvalue weighted by Crippen LogP contribution is -2.42. The molecule has 0 bridgehead atoms. The van der Waals surface area contributed by atoms with Crippen LogP contribution >= 0.6 is 0 Å². The zero-order valence-corrected chi connectivity index (χ0v) is 12.5. The predicted octanol–water partition coefficient (Wildman–Crippen LogP) is 2.52. The first-order valence-corrected chi connectivity index (χ1v) is 7.55. The van der Waals surface area contributed by atoms with Crippen molar-refractivity contribution in [3.8, 4) is 0 Å². The molecular weight excluding hydrogens is 272 g/mol. The Morgan fingerprint density at radius 1 is 1.48 bits per heavy atom. The Kier molecular flexibility index (Phi) is 4.98. The average molecular weight is 294 g/mol. The molecule has 6 heteroatoms. The van der Waals surface area contributed by atoms with Crippen LogP contribution in [0, 0.1) is 5.92 Å². The van der Waals surface area contributed by atoms with Crippen molar-refractivity contribution in [2.24, 2.45) is 5.92 Å². The third-order valence-electron chi connectivity index (χ3n) is 4.20. The minimum absolute atomic E-state index is 0.211. The number of carbonyl (C=O) groups is 2. The summed E-state index contributed by atoms with van der Waals surface area (Å²) in [5.74, 6) is -1.08. The summed E-state index contributed by atoms with van der Waals surface area (Å²) in [6.45, 7) is 4.97. The van der Waals surface area contributed by atoms with Gasteiger partial charge in [-0.25, -0.2) is 0 Å². The van der Waals surface area contributed by atoms with E-state index in [1.807, 2.05) is 0 Å². The topological polar surface area (TPSA) is 83.6 Å². The van der Waals surface area contributed by atoms with Gasteiger partial charge in [-0.3, -0.25) is 9.59 Å². The summed E-state index contributed by atoms with van der Waals surface area (Å²) in [4.78, 5) is 25.0. The number of rotatable bonds is 5. The van der Waals surface area contributed by atoms with E-state index in [1.54, 1.807) is 11.0 Å². The monoisotopic (exact) mass is 294 g/mol. The van der Waals surface area contributed by atoms with Crippen molar-refractivity contribution in [3.05, 3.63) is 17.5 Å². The van der Waals surface area contributed by atoms with Crippen molar-refractivity contribution < 1.29 is 19.2 Å². The highest BCUT2D eigenvalue weighted by Gasteiger charge is 2.30. The molecule has 1 amide bonds. The van der Waals surface area contributed by atoms with E-state index in [4.69, 9.17) is 9.63 Å². The molecule has 0 spiro atoms. The molecule has 1 aromatic heterocycles. The number of carbonyl (C=O) groups excluding carboxylic acids is 1. The first-order chi connectivity index (χ1) is 10.1. The number of nitrogens with zero attached hydrogens (tertiary/aromatic N) is 2. The molecule has 1 saturated heterocycles. The van der Waals surface area contributed by atoms with E-state index < -0.39 is 11.9 Å². The lowest BCUT2D eigenvalue weighted by atomic mass is 9.97. The van der Waals surface area contributed by atoms with Gasteiger partial charge in [0, 0.05) is 25.1 Å². The predicted molar refractivity (Wildman–Crippen MR) is 76.1 cm³/mol. The van der Waals surface area contributed by atoms with Gasteiger partial charge in [-0.1, -0.05) is 19.0 Å². The maximum absolute atomic E-state index is 12.4. The summed E-state index contributed by atoms with van der Waals surface area (Å²) < 4.78 is 5.17. The van der Waals surface area contributed by atoms with Crippen LogP contribution in [0.4, 0.5) is 0 Å². The summed E-state index contributed by atoms with van der Waals surface area (Å²) in [5.41, 5.74) is 0.801. The van der Waals surface area contributed by atoms with E-state index in [-0.39, 0.29) is 18.2 Å². The van der Waals surface area contributed by atoms with Gasteiger partial charge in [-0.15, -0.1) is 0 Å². The molecule has 21 heavy (non-hydrogen) atoms. The number of hydrogen-bond acceptors (Lipinski definition) is 4. The fourth-order valence-electron chi connectivity index (χ4n) is 2.81.